The summed E-state index contributed by atoms with van der Waals surface area (Å²) >= 11 is 5.81. The average Bonchev–Trinajstić information content (AvgIpc) is 2.33. The number of hydrogen-bond acceptors (Lipinski definition) is 3. The van der Waals surface area contributed by atoms with Crippen LogP contribution in [0.5, 0.6) is 0 Å². The maximum absolute atomic E-state index is 9.49. The zero-order valence-corrected chi connectivity index (χ0v) is 11.5. The molecule has 96 valence electrons. The van der Waals surface area contributed by atoms with Crippen molar-refractivity contribution < 1.29 is 5.11 Å². The fourth-order valence-corrected chi connectivity index (χ4v) is 1.97. The molecule has 0 saturated carbocycles. The Balaban J connectivity index is 2.72. The molecule has 0 aliphatic heterocycles. The molecule has 0 saturated heterocycles. The zero-order valence-electron chi connectivity index (χ0n) is 10.8. The first-order valence-electron chi connectivity index (χ1n) is 6.05. The summed E-state index contributed by atoms with van der Waals surface area (Å²) in [5.41, 5.74) is 1.82. The van der Waals surface area contributed by atoms with Crippen molar-refractivity contribution in [2.45, 2.75) is 33.6 Å². The van der Waals surface area contributed by atoms with E-state index in [4.69, 9.17) is 11.6 Å². The van der Waals surface area contributed by atoms with Gasteiger partial charge in [0.1, 0.15) is 5.15 Å². The number of nitrogens with one attached hydrogen (secondary N) is 1. The summed E-state index contributed by atoms with van der Waals surface area (Å²) in [7, 11) is 0. The summed E-state index contributed by atoms with van der Waals surface area (Å²) in [5.74, 6) is 0. The number of anilines is 1. The molecule has 17 heavy (non-hydrogen) atoms. The van der Waals surface area contributed by atoms with E-state index in [0.29, 0.717) is 5.15 Å². The van der Waals surface area contributed by atoms with Crippen LogP contribution in [0.4, 0.5) is 5.69 Å². The molecule has 0 aliphatic rings. The lowest BCUT2D eigenvalue weighted by atomic mass is 9.83. The van der Waals surface area contributed by atoms with Crippen LogP contribution in [0.25, 0.3) is 0 Å². The van der Waals surface area contributed by atoms with Crippen molar-refractivity contribution in [2.75, 3.05) is 18.5 Å². The van der Waals surface area contributed by atoms with Crippen LogP contribution in [0.2, 0.25) is 5.15 Å². The van der Waals surface area contributed by atoms with Crippen LogP contribution in [0.15, 0.2) is 12.1 Å². The molecule has 2 N–H and O–H groups in total. The second-order valence-electron chi connectivity index (χ2n) is 4.49. The number of pyridine rings is 1. The van der Waals surface area contributed by atoms with E-state index in [1.54, 1.807) is 6.07 Å². The van der Waals surface area contributed by atoms with E-state index in [2.05, 4.69) is 24.1 Å². The van der Waals surface area contributed by atoms with Crippen molar-refractivity contribution >= 4 is 17.3 Å². The molecule has 4 heteroatoms. The second-order valence-corrected chi connectivity index (χ2v) is 4.87. The Morgan fingerprint density at radius 1 is 1.35 bits per heavy atom. The van der Waals surface area contributed by atoms with Crippen molar-refractivity contribution in [3.05, 3.63) is 23.0 Å². The molecule has 0 fully saturated rings. The summed E-state index contributed by atoms with van der Waals surface area (Å²) < 4.78 is 0. The second kappa shape index (κ2) is 6.22. The van der Waals surface area contributed by atoms with Gasteiger partial charge in [0.2, 0.25) is 0 Å². The first kappa shape index (κ1) is 14.3. The minimum Gasteiger partial charge on any atom is -0.396 e. The molecule has 0 radical (unpaired) electrons. The van der Waals surface area contributed by atoms with Crippen LogP contribution >= 0.6 is 11.6 Å². The van der Waals surface area contributed by atoms with Gasteiger partial charge in [-0.25, -0.2) is 4.98 Å². The maximum atomic E-state index is 9.49. The number of aliphatic hydroxyl groups excluding tert-OH is 1. The van der Waals surface area contributed by atoms with Gasteiger partial charge in [0.15, 0.2) is 0 Å². The standard InChI is InChI=1S/C13H21ClN2O/c1-4-13(5-2,9-17)8-15-11-6-7-12(14)16-10(11)3/h6-7,15,17H,4-5,8-9H2,1-3H3. The minimum atomic E-state index is -0.0495. The highest BCUT2D eigenvalue weighted by molar-refractivity contribution is 6.29. The molecular weight excluding hydrogens is 236 g/mol. The quantitative estimate of drug-likeness (QED) is 0.768. The molecule has 1 heterocycles. The van der Waals surface area contributed by atoms with E-state index in [9.17, 15) is 5.11 Å². The molecule has 1 rings (SSSR count). The zero-order chi connectivity index (χ0) is 12.9. The predicted molar refractivity (Wildman–Crippen MR) is 72.6 cm³/mol. The smallest absolute Gasteiger partial charge is 0.129 e. The van der Waals surface area contributed by atoms with Crippen molar-refractivity contribution in [2.24, 2.45) is 5.41 Å². The van der Waals surface area contributed by atoms with E-state index in [1.807, 2.05) is 13.0 Å². The molecule has 1 aromatic rings. The average molecular weight is 257 g/mol. The first-order valence-corrected chi connectivity index (χ1v) is 6.42. The van der Waals surface area contributed by atoms with Crippen LogP contribution in [-0.4, -0.2) is 23.2 Å². The number of aromatic nitrogens is 1. The number of aliphatic hydroxyl groups is 1. The van der Waals surface area contributed by atoms with Gasteiger partial charge in [0.25, 0.3) is 0 Å². The van der Waals surface area contributed by atoms with Crippen LogP contribution in [0, 0.1) is 12.3 Å². The molecule has 0 amide bonds. The van der Waals surface area contributed by atoms with Gasteiger partial charge in [-0.2, -0.15) is 0 Å². The van der Waals surface area contributed by atoms with E-state index in [-0.39, 0.29) is 12.0 Å². The van der Waals surface area contributed by atoms with E-state index in [1.165, 1.54) is 0 Å². The highest BCUT2D eigenvalue weighted by atomic mass is 35.5. The summed E-state index contributed by atoms with van der Waals surface area (Å²) in [6.45, 7) is 7.09. The van der Waals surface area contributed by atoms with Crippen LogP contribution in [0.3, 0.4) is 0 Å². The molecule has 3 nitrogen and oxygen atoms in total. The Morgan fingerprint density at radius 2 is 2.00 bits per heavy atom. The highest BCUT2D eigenvalue weighted by Gasteiger charge is 2.25. The van der Waals surface area contributed by atoms with Crippen LogP contribution < -0.4 is 5.32 Å². The number of halogens is 1. The van der Waals surface area contributed by atoms with Gasteiger partial charge in [-0.05, 0) is 31.9 Å². The molecular formula is C13H21ClN2O. The molecule has 0 unspecified atom stereocenters. The van der Waals surface area contributed by atoms with Gasteiger partial charge in [0, 0.05) is 12.0 Å². The minimum absolute atomic E-state index is 0.0495. The fourth-order valence-electron chi connectivity index (χ4n) is 1.78. The van der Waals surface area contributed by atoms with Crippen molar-refractivity contribution in [1.82, 2.24) is 4.98 Å². The van der Waals surface area contributed by atoms with Crippen LogP contribution in [-0.2, 0) is 0 Å². The third-order valence-electron chi connectivity index (χ3n) is 3.54. The van der Waals surface area contributed by atoms with Gasteiger partial charge in [0.05, 0.1) is 18.0 Å². The molecule has 0 bridgehead atoms. The van der Waals surface area contributed by atoms with E-state index >= 15 is 0 Å². The Hall–Kier alpha value is -0.800. The monoisotopic (exact) mass is 256 g/mol. The molecule has 0 aliphatic carbocycles. The Kier molecular flexibility index (Phi) is 5.22. The summed E-state index contributed by atoms with van der Waals surface area (Å²) in [4.78, 5) is 4.19. The Labute approximate surface area is 108 Å². The maximum Gasteiger partial charge on any atom is 0.129 e. The van der Waals surface area contributed by atoms with Crippen LogP contribution in [0.1, 0.15) is 32.4 Å². The third kappa shape index (κ3) is 3.58. The molecule has 0 aromatic carbocycles. The fraction of sp³-hybridized carbons (Fsp3) is 0.615. The molecule has 0 atom stereocenters. The summed E-state index contributed by atoms with van der Waals surface area (Å²) in [5, 5.41) is 13.4. The molecule has 0 spiro atoms. The number of hydrogen-bond donors (Lipinski definition) is 2. The van der Waals surface area contributed by atoms with Gasteiger partial charge in [-0.1, -0.05) is 25.4 Å². The van der Waals surface area contributed by atoms with Gasteiger partial charge in [-0.3, -0.25) is 0 Å². The van der Waals surface area contributed by atoms with Crippen molar-refractivity contribution in [3.8, 4) is 0 Å². The summed E-state index contributed by atoms with van der Waals surface area (Å²) in [6, 6.07) is 3.70. The van der Waals surface area contributed by atoms with Gasteiger partial charge >= 0.3 is 0 Å². The SMILES string of the molecule is CCC(CC)(CO)CNc1ccc(Cl)nc1C. The normalized spacial score (nSPS) is 11.6. The van der Waals surface area contributed by atoms with Crippen molar-refractivity contribution in [3.63, 3.8) is 0 Å². The van der Waals surface area contributed by atoms with Crippen molar-refractivity contribution in [1.29, 1.82) is 0 Å². The van der Waals surface area contributed by atoms with Gasteiger partial charge < -0.3 is 10.4 Å². The topological polar surface area (TPSA) is 45.1 Å². The summed E-state index contributed by atoms with van der Waals surface area (Å²) in [6.07, 6.45) is 1.90. The lowest BCUT2D eigenvalue weighted by molar-refractivity contribution is 0.127. The molecule has 1 aromatic heterocycles. The lowest BCUT2D eigenvalue weighted by Crippen LogP contribution is -2.32. The van der Waals surface area contributed by atoms with E-state index < -0.39 is 0 Å². The lowest BCUT2D eigenvalue weighted by Gasteiger charge is -2.30. The number of aryl methyl sites for hydroxylation is 1. The Bertz CT molecular complexity index is 356. The van der Waals surface area contributed by atoms with E-state index in [0.717, 1.165) is 30.8 Å². The predicted octanol–water partition coefficient (Wildman–Crippen LogP) is 3.25. The highest BCUT2D eigenvalue weighted by Crippen LogP contribution is 2.26. The first-order chi connectivity index (χ1) is 8.06. The third-order valence-corrected chi connectivity index (χ3v) is 3.75. The van der Waals surface area contributed by atoms with Gasteiger partial charge in [-0.15, -0.1) is 0 Å². The number of nitrogens with zero attached hydrogens (tertiary/aromatic N) is 1. The largest absolute Gasteiger partial charge is 0.396 e. The number of rotatable bonds is 6. The Morgan fingerprint density at radius 3 is 2.47 bits per heavy atom.